The summed E-state index contributed by atoms with van der Waals surface area (Å²) < 4.78 is 11.6. The molecule has 2 heterocycles. The van der Waals surface area contributed by atoms with Crippen molar-refractivity contribution in [2.75, 3.05) is 43.6 Å². The standard InChI is InChI=1S/C19H19BrN4O2/c1-25-18-11-17-13(10-16(18)20)12-21-19(23-17)22-14-2-4-15(5-3-14)24-6-8-26-9-7-24/h2-5,10-12H,6-9H2,1H3,(H,21,22,23). The second kappa shape index (κ2) is 7.47. The van der Waals surface area contributed by atoms with E-state index >= 15 is 0 Å². The van der Waals surface area contributed by atoms with Crippen LogP contribution in [0.3, 0.4) is 0 Å². The molecule has 3 aromatic rings. The Bertz CT molecular complexity index is 911. The highest BCUT2D eigenvalue weighted by atomic mass is 79.9. The topological polar surface area (TPSA) is 59.5 Å². The molecular weight excluding hydrogens is 396 g/mol. The molecule has 0 amide bonds. The summed E-state index contributed by atoms with van der Waals surface area (Å²) in [6.45, 7) is 3.42. The molecule has 0 spiro atoms. The highest BCUT2D eigenvalue weighted by molar-refractivity contribution is 9.10. The largest absolute Gasteiger partial charge is 0.495 e. The van der Waals surface area contributed by atoms with Crippen LogP contribution in [0.1, 0.15) is 0 Å². The molecule has 1 aromatic heterocycles. The van der Waals surface area contributed by atoms with Crippen LogP contribution in [0.25, 0.3) is 10.9 Å². The van der Waals surface area contributed by atoms with Gasteiger partial charge in [0, 0.05) is 42.1 Å². The van der Waals surface area contributed by atoms with Crippen LogP contribution in [0.5, 0.6) is 5.75 Å². The number of anilines is 3. The predicted octanol–water partition coefficient (Wildman–Crippen LogP) is 3.98. The molecule has 0 aliphatic carbocycles. The molecule has 26 heavy (non-hydrogen) atoms. The van der Waals surface area contributed by atoms with E-state index < -0.39 is 0 Å². The van der Waals surface area contributed by atoms with Crippen molar-refractivity contribution >= 4 is 44.2 Å². The van der Waals surface area contributed by atoms with E-state index in [1.54, 1.807) is 13.3 Å². The fourth-order valence-electron chi connectivity index (χ4n) is 2.95. The van der Waals surface area contributed by atoms with Crippen molar-refractivity contribution in [2.24, 2.45) is 0 Å². The van der Waals surface area contributed by atoms with E-state index in [9.17, 15) is 0 Å². The molecule has 1 saturated heterocycles. The van der Waals surface area contributed by atoms with E-state index in [1.165, 1.54) is 5.69 Å². The number of fused-ring (bicyclic) bond motifs is 1. The first-order valence-electron chi connectivity index (χ1n) is 8.43. The highest BCUT2D eigenvalue weighted by Crippen LogP contribution is 2.30. The maximum Gasteiger partial charge on any atom is 0.227 e. The average Bonchev–Trinajstić information content (AvgIpc) is 2.69. The van der Waals surface area contributed by atoms with E-state index in [4.69, 9.17) is 9.47 Å². The lowest BCUT2D eigenvalue weighted by Crippen LogP contribution is -2.36. The summed E-state index contributed by atoms with van der Waals surface area (Å²) in [4.78, 5) is 11.3. The Morgan fingerprint density at radius 1 is 1.15 bits per heavy atom. The Kier molecular flexibility index (Phi) is 4.90. The van der Waals surface area contributed by atoms with Gasteiger partial charge in [0.15, 0.2) is 0 Å². The number of nitrogens with zero attached hydrogens (tertiary/aromatic N) is 3. The third kappa shape index (κ3) is 3.59. The molecule has 4 rings (SSSR count). The van der Waals surface area contributed by atoms with Crippen LogP contribution in [0.4, 0.5) is 17.3 Å². The normalized spacial score (nSPS) is 14.5. The number of halogens is 1. The molecule has 6 nitrogen and oxygen atoms in total. The van der Waals surface area contributed by atoms with Gasteiger partial charge in [-0.25, -0.2) is 9.97 Å². The van der Waals surface area contributed by atoms with E-state index in [0.29, 0.717) is 5.95 Å². The van der Waals surface area contributed by atoms with E-state index in [0.717, 1.165) is 53.1 Å². The van der Waals surface area contributed by atoms with Crippen LogP contribution >= 0.6 is 15.9 Å². The van der Waals surface area contributed by atoms with Crippen LogP contribution in [-0.4, -0.2) is 43.4 Å². The molecular formula is C19H19BrN4O2. The van der Waals surface area contributed by atoms with Crippen molar-refractivity contribution in [3.63, 3.8) is 0 Å². The maximum absolute atomic E-state index is 5.40. The zero-order chi connectivity index (χ0) is 17.9. The minimum Gasteiger partial charge on any atom is -0.495 e. The van der Waals surface area contributed by atoms with Crippen LogP contribution in [0.15, 0.2) is 47.1 Å². The minimum atomic E-state index is 0.556. The fourth-order valence-corrected chi connectivity index (χ4v) is 3.48. The summed E-state index contributed by atoms with van der Waals surface area (Å²) in [5.74, 6) is 1.30. The number of aromatic nitrogens is 2. The van der Waals surface area contributed by atoms with Gasteiger partial charge in [0.05, 0.1) is 30.3 Å². The summed E-state index contributed by atoms with van der Waals surface area (Å²) in [6, 6.07) is 12.1. The lowest BCUT2D eigenvalue weighted by Gasteiger charge is -2.28. The molecule has 0 bridgehead atoms. The molecule has 0 unspecified atom stereocenters. The van der Waals surface area contributed by atoms with Gasteiger partial charge in [-0.2, -0.15) is 0 Å². The molecule has 7 heteroatoms. The number of ether oxygens (including phenoxy) is 2. The van der Waals surface area contributed by atoms with Crippen LogP contribution < -0.4 is 15.0 Å². The van der Waals surface area contributed by atoms with Gasteiger partial charge in [-0.15, -0.1) is 0 Å². The van der Waals surface area contributed by atoms with Gasteiger partial charge in [-0.05, 0) is 46.3 Å². The third-order valence-electron chi connectivity index (χ3n) is 4.35. The molecule has 1 aliphatic rings. The van der Waals surface area contributed by atoms with E-state index in [2.05, 4.69) is 48.2 Å². The maximum atomic E-state index is 5.40. The number of benzene rings is 2. The summed E-state index contributed by atoms with van der Waals surface area (Å²) >= 11 is 3.48. The van der Waals surface area contributed by atoms with Crippen LogP contribution in [0, 0.1) is 0 Å². The lowest BCUT2D eigenvalue weighted by molar-refractivity contribution is 0.122. The number of methoxy groups -OCH3 is 1. The van der Waals surface area contributed by atoms with Crippen molar-refractivity contribution in [1.82, 2.24) is 9.97 Å². The highest BCUT2D eigenvalue weighted by Gasteiger charge is 2.11. The van der Waals surface area contributed by atoms with E-state index in [-0.39, 0.29) is 0 Å². The fraction of sp³-hybridized carbons (Fsp3) is 0.263. The second-order valence-corrected chi connectivity index (χ2v) is 6.86. The number of nitrogens with one attached hydrogen (secondary N) is 1. The monoisotopic (exact) mass is 414 g/mol. The Hall–Kier alpha value is -2.38. The minimum absolute atomic E-state index is 0.556. The number of morpholine rings is 1. The van der Waals surface area contributed by atoms with Gasteiger partial charge in [0.1, 0.15) is 5.75 Å². The smallest absolute Gasteiger partial charge is 0.227 e. The van der Waals surface area contributed by atoms with Gasteiger partial charge in [0.25, 0.3) is 0 Å². The first kappa shape index (κ1) is 17.1. The molecule has 134 valence electrons. The van der Waals surface area contributed by atoms with Crippen molar-refractivity contribution in [3.05, 3.63) is 47.1 Å². The van der Waals surface area contributed by atoms with Crippen molar-refractivity contribution < 1.29 is 9.47 Å². The van der Waals surface area contributed by atoms with Gasteiger partial charge < -0.3 is 19.7 Å². The first-order chi connectivity index (χ1) is 12.7. The first-order valence-corrected chi connectivity index (χ1v) is 9.22. The molecule has 0 radical (unpaired) electrons. The zero-order valence-electron chi connectivity index (χ0n) is 14.4. The molecule has 0 atom stereocenters. The average molecular weight is 415 g/mol. The Labute approximate surface area is 160 Å². The number of hydrogen-bond acceptors (Lipinski definition) is 6. The van der Waals surface area contributed by atoms with Crippen LogP contribution in [0.2, 0.25) is 0 Å². The zero-order valence-corrected chi connectivity index (χ0v) is 16.0. The molecule has 1 aliphatic heterocycles. The quantitative estimate of drug-likeness (QED) is 0.696. The SMILES string of the molecule is COc1cc2nc(Nc3ccc(N4CCOCC4)cc3)ncc2cc1Br. The third-order valence-corrected chi connectivity index (χ3v) is 4.97. The lowest BCUT2D eigenvalue weighted by atomic mass is 10.2. The Balaban J connectivity index is 1.53. The van der Waals surface area contributed by atoms with Gasteiger partial charge in [0.2, 0.25) is 5.95 Å². The van der Waals surface area contributed by atoms with Crippen LogP contribution in [-0.2, 0) is 4.74 Å². The van der Waals surface area contributed by atoms with Gasteiger partial charge in [-0.3, -0.25) is 0 Å². The summed E-state index contributed by atoms with van der Waals surface area (Å²) in [5, 5.41) is 4.21. The van der Waals surface area contributed by atoms with Gasteiger partial charge in [-0.1, -0.05) is 0 Å². The summed E-state index contributed by atoms with van der Waals surface area (Å²) in [6.07, 6.45) is 1.80. The number of rotatable bonds is 4. The Morgan fingerprint density at radius 2 is 1.92 bits per heavy atom. The molecule has 1 N–H and O–H groups in total. The van der Waals surface area contributed by atoms with Crippen molar-refractivity contribution in [1.29, 1.82) is 0 Å². The second-order valence-electron chi connectivity index (χ2n) is 6.01. The summed E-state index contributed by atoms with van der Waals surface area (Å²) in [5.41, 5.74) is 2.98. The Morgan fingerprint density at radius 3 is 2.65 bits per heavy atom. The van der Waals surface area contributed by atoms with E-state index in [1.807, 2.05) is 24.3 Å². The predicted molar refractivity (Wildman–Crippen MR) is 107 cm³/mol. The molecule has 0 saturated carbocycles. The number of hydrogen-bond donors (Lipinski definition) is 1. The van der Waals surface area contributed by atoms with Crippen molar-refractivity contribution in [2.45, 2.75) is 0 Å². The summed E-state index contributed by atoms with van der Waals surface area (Å²) in [7, 11) is 1.64. The molecule has 1 fully saturated rings. The van der Waals surface area contributed by atoms with Crippen molar-refractivity contribution in [3.8, 4) is 5.75 Å². The van der Waals surface area contributed by atoms with Gasteiger partial charge >= 0.3 is 0 Å². The molecule has 2 aromatic carbocycles.